The molecule has 0 aliphatic rings. The fourth-order valence-corrected chi connectivity index (χ4v) is 2.52. The van der Waals surface area contributed by atoms with E-state index in [4.69, 9.17) is 11.1 Å². The number of Topliss-reactive ketones (excluding diaryl/α,β-unsaturated/α-hetero) is 1. The minimum Gasteiger partial charge on any atom is -0.370 e. The van der Waals surface area contributed by atoms with E-state index >= 15 is 0 Å². The minimum absolute atomic E-state index is 0.0429. The quantitative estimate of drug-likeness (QED) is 0.267. The first-order valence-corrected chi connectivity index (χ1v) is 9.59. The maximum atomic E-state index is 13.0. The first kappa shape index (κ1) is 25.4. The number of halogens is 1. The number of benzene rings is 1. The van der Waals surface area contributed by atoms with E-state index in [2.05, 4.69) is 16.0 Å². The van der Waals surface area contributed by atoms with Crippen LogP contribution in [-0.2, 0) is 30.5 Å². The van der Waals surface area contributed by atoms with Crippen molar-refractivity contribution in [1.29, 1.82) is 5.41 Å². The molecule has 0 unspecified atom stereocenters. The Morgan fingerprint density at radius 1 is 1.06 bits per heavy atom. The monoisotopic (exact) mass is 435 g/mol. The average Bonchev–Trinajstić information content (AvgIpc) is 2.74. The van der Waals surface area contributed by atoms with E-state index in [9.17, 15) is 28.4 Å². The molecule has 31 heavy (non-hydrogen) atoms. The molecule has 1 rings (SSSR count). The second kappa shape index (κ2) is 12.8. The van der Waals surface area contributed by atoms with Crippen LogP contribution in [0.4, 0.5) is 4.39 Å². The van der Waals surface area contributed by atoms with Gasteiger partial charge in [-0.25, -0.2) is 4.39 Å². The average molecular weight is 435 g/mol. The van der Waals surface area contributed by atoms with Gasteiger partial charge in [0, 0.05) is 19.4 Å². The zero-order chi connectivity index (χ0) is 23.4. The highest BCUT2D eigenvalue weighted by Gasteiger charge is 2.28. The molecular weight excluding hydrogens is 409 g/mol. The fraction of sp³-hybridized carbons (Fsp3) is 0.400. The highest BCUT2D eigenvalue weighted by atomic mass is 19.1. The number of nitrogens with one attached hydrogen (secondary N) is 4. The molecule has 168 valence electrons. The molecule has 0 heterocycles. The molecule has 6 N–H and O–H groups in total. The predicted octanol–water partition coefficient (Wildman–Crippen LogP) is -0.304. The largest absolute Gasteiger partial charge is 0.370 e. The van der Waals surface area contributed by atoms with Crippen LogP contribution in [0.5, 0.6) is 0 Å². The Balaban J connectivity index is 2.88. The van der Waals surface area contributed by atoms with Gasteiger partial charge in [0.2, 0.25) is 23.6 Å². The summed E-state index contributed by atoms with van der Waals surface area (Å²) in [5.41, 5.74) is 5.74. The van der Waals surface area contributed by atoms with E-state index in [0.29, 0.717) is 11.8 Å². The molecule has 11 heteroatoms. The van der Waals surface area contributed by atoms with Crippen molar-refractivity contribution in [2.45, 2.75) is 51.2 Å². The molecule has 2 atom stereocenters. The van der Waals surface area contributed by atoms with Crippen molar-refractivity contribution >= 4 is 35.6 Å². The fourth-order valence-electron chi connectivity index (χ4n) is 2.52. The summed E-state index contributed by atoms with van der Waals surface area (Å²) in [6.45, 7) is 1.60. The molecular formula is C20H26FN5O5. The zero-order valence-electron chi connectivity index (χ0n) is 17.1. The Morgan fingerprint density at radius 2 is 1.71 bits per heavy atom. The summed E-state index contributed by atoms with van der Waals surface area (Å²) < 4.78 is 13.0. The Hall–Kier alpha value is -3.63. The van der Waals surface area contributed by atoms with Gasteiger partial charge in [0.15, 0.2) is 5.78 Å². The van der Waals surface area contributed by atoms with E-state index in [1.807, 2.05) is 0 Å². The van der Waals surface area contributed by atoms with Crippen molar-refractivity contribution in [2.75, 3.05) is 0 Å². The van der Waals surface area contributed by atoms with E-state index in [1.165, 1.54) is 24.3 Å². The SMILES string of the molecule is CCC(=O)N[C@@H](CC(N)=O)C(=O)N[C@@H](CCC(=O)C=N)C(=O)NCc1ccc(F)cc1. The van der Waals surface area contributed by atoms with Gasteiger partial charge in [-0.2, -0.15) is 0 Å². The van der Waals surface area contributed by atoms with Gasteiger partial charge in [-0.15, -0.1) is 0 Å². The van der Waals surface area contributed by atoms with Crippen molar-refractivity contribution < 1.29 is 28.4 Å². The lowest BCUT2D eigenvalue weighted by atomic mass is 10.1. The number of nitrogens with two attached hydrogens (primary N) is 1. The summed E-state index contributed by atoms with van der Waals surface area (Å²) in [4.78, 5) is 59.5. The molecule has 0 bridgehead atoms. The Bertz CT molecular complexity index is 828. The molecule has 4 amide bonds. The highest BCUT2D eigenvalue weighted by molar-refractivity contribution is 6.26. The van der Waals surface area contributed by atoms with Crippen molar-refractivity contribution in [1.82, 2.24) is 16.0 Å². The third-order valence-electron chi connectivity index (χ3n) is 4.23. The maximum absolute atomic E-state index is 13.0. The van der Waals surface area contributed by atoms with Crippen LogP contribution in [0.3, 0.4) is 0 Å². The van der Waals surface area contributed by atoms with Crippen LogP contribution >= 0.6 is 0 Å². The molecule has 0 radical (unpaired) electrons. The lowest BCUT2D eigenvalue weighted by Gasteiger charge is -2.22. The highest BCUT2D eigenvalue weighted by Crippen LogP contribution is 2.05. The number of ketones is 1. The summed E-state index contributed by atoms with van der Waals surface area (Å²) in [6, 6.07) is 2.96. The van der Waals surface area contributed by atoms with Gasteiger partial charge in [-0.3, -0.25) is 24.0 Å². The van der Waals surface area contributed by atoms with E-state index in [0.717, 1.165) is 0 Å². The summed E-state index contributed by atoms with van der Waals surface area (Å²) >= 11 is 0. The van der Waals surface area contributed by atoms with Crippen LogP contribution < -0.4 is 21.7 Å². The Labute approximate surface area is 178 Å². The van der Waals surface area contributed by atoms with Crippen LogP contribution in [0, 0.1) is 11.2 Å². The van der Waals surface area contributed by atoms with Crippen LogP contribution in [0.1, 0.15) is 38.2 Å². The van der Waals surface area contributed by atoms with Crippen LogP contribution in [-0.4, -0.2) is 47.7 Å². The topological polar surface area (TPSA) is 171 Å². The van der Waals surface area contributed by atoms with Crippen molar-refractivity contribution in [2.24, 2.45) is 5.73 Å². The molecule has 0 saturated heterocycles. The molecule has 0 aliphatic heterocycles. The van der Waals surface area contributed by atoms with Crippen molar-refractivity contribution in [3.8, 4) is 0 Å². The lowest BCUT2D eigenvalue weighted by Crippen LogP contribution is -2.54. The first-order chi connectivity index (χ1) is 14.7. The van der Waals surface area contributed by atoms with Gasteiger partial charge in [-0.1, -0.05) is 19.1 Å². The summed E-state index contributed by atoms with van der Waals surface area (Å²) in [5, 5.41) is 14.3. The lowest BCUT2D eigenvalue weighted by molar-refractivity contribution is -0.133. The van der Waals surface area contributed by atoms with Gasteiger partial charge in [0.25, 0.3) is 0 Å². The second-order valence-corrected chi connectivity index (χ2v) is 6.70. The van der Waals surface area contributed by atoms with Gasteiger partial charge < -0.3 is 27.1 Å². The van der Waals surface area contributed by atoms with Crippen LogP contribution in [0.25, 0.3) is 0 Å². The molecule has 0 spiro atoms. The molecule has 0 aliphatic carbocycles. The number of hydrogen-bond acceptors (Lipinski definition) is 6. The molecule has 0 saturated carbocycles. The summed E-state index contributed by atoms with van der Waals surface area (Å²) in [5.74, 6) is -3.73. The van der Waals surface area contributed by atoms with Crippen LogP contribution in [0.2, 0.25) is 0 Å². The second-order valence-electron chi connectivity index (χ2n) is 6.70. The van der Waals surface area contributed by atoms with E-state index in [-0.39, 0.29) is 25.8 Å². The van der Waals surface area contributed by atoms with Gasteiger partial charge in [0.1, 0.15) is 17.9 Å². The summed E-state index contributed by atoms with van der Waals surface area (Å²) in [7, 11) is 0. The Kier molecular flexibility index (Phi) is 10.5. The molecule has 0 fully saturated rings. The third kappa shape index (κ3) is 9.61. The standard InChI is InChI=1S/C20H26FN5O5/c1-2-18(29)25-16(9-17(23)28)20(31)26-15(8-7-14(27)10-22)19(30)24-11-12-3-5-13(21)6-4-12/h3-6,10,15-16,22H,2,7-9,11H2,1H3,(H2,23,28)(H,24,30)(H,25,29)(H,26,31)/t15-,16-/m0/s1. The smallest absolute Gasteiger partial charge is 0.243 e. The number of rotatable bonds is 13. The predicted molar refractivity (Wildman–Crippen MR) is 109 cm³/mol. The summed E-state index contributed by atoms with van der Waals surface area (Å²) in [6.07, 6.45) is -0.0913. The number of primary amides is 1. The zero-order valence-corrected chi connectivity index (χ0v) is 17.1. The van der Waals surface area contributed by atoms with Crippen molar-refractivity contribution in [3.05, 3.63) is 35.6 Å². The van der Waals surface area contributed by atoms with Crippen LogP contribution in [0.15, 0.2) is 24.3 Å². The molecule has 0 aromatic heterocycles. The molecule has 10 nitrogen and oxygen atoms in total. The number of carbonyl (C=O) groups excluding carboxylic acids is 5. The van der Waals surface area contributed by atoms with E-state index in [1.54, 1.807) is 6.92 Å². The molecule has 1 aromatic rings. The number of amides is 4. The number of hydrogen-bond donors (Lipinski definition) is 5. The Morgan fingerprint density at radius 3 is 2.26 bits per heavy atom. The number of carbonyl (C=O) groups is 5. The third-order valence-corrected chi connectivity index (χ3v) is 4.23. The minimum atomic E-state index is -1.28. The maximum Gasteiger partial charge on any atom is 0.243 e. The first-order valence-electron chi connectivity index (χ1n) is 9.59. The van der Waals surface area contributed by atoms with Gasteiger partial charge in [0.05, 0.1) is 12.6 Å². The van der Waals surface area contributed by atoms with Gasteiger partial charge in [-0.05, 0) is 24.1 Å². The normalized spacial score (nSPS) is 12.2. The van der Waals surface area contributed by atoms with E-state index < -0.39 is 53.7 Å². The molecule has 1 aromatic carbocycles. The van der Waals surface area contributed by atoms with Crippen molar-refractivity contribution in [3.63, 3.8) is 0 Å². The van der Waals surface area contributed by atoms with Gasteiger partial charge >= 0.3 is 0 Å².